The monoisotopic (exact) mass is 224 g/mol. The van der Waals surface area contributed by atoms with Gasteiger partial charge in [-0.05, 0) is 43.7 Å². The Morgan fingerprint density at radius 2 is 1.94 bits per heavy atom. The zero-order valence-corrected chi connectivity index (χ0v) is 11.2. The van der Waals surface area contributed by atoms with Gasteiger partial charge in [-0.25, -0.2) is 0 Å². The number of hydrogen-bond acceptors (Lipinski definition) is 2. The standard InChI is InChI=1S/C14H28N2/c1-5-6-12-7-9-16(10-8-12)11-13(15)14(2,3)4/h5,12-13H,1,6-11,15H2,2-4H3. The Bertz CT molecular complexity index is 209. The van der Waals surface area contributed by atoms with Gasteiger partial charge in [-0.1, -0.05) is 26.8 Å². The first kappa shape index (κ1) is 13.7. The minimum Gasteiger partial charge on any atom is -0.326 e. The van der Waals surface area contributed by atoms with E-state index < -0.39 is 0 Å². The molecule has 0 aromatic rings. The third-order valence-corrected chi connectivity index (χ3v) is 3.77. The first-order valence-electron chi connectivity index (χ1n) is 6.52. The molecule has 1 aliphatic rings. The van der Waals surface area contributed by atoms with Crippen molar-refractivity contribution in [3.63, 3.8) is 0 Å². The molecule has 0 aliphatic carbocycles. The van der Waals surface area contributed by atoms with Crippen molar-refractivity contribution in [2.45, 2.75) is 46.1 Å². The van der Waals surface area contributed by atoms with Crippen LogP contribution >= 0.6 is 0 Å². The highest BCUT2D eigenvalue weighted by Crippen LogP contribution is 2.23. The second-order valence-electron chi connectivity index (χ2n) is 6.24. The van der Waals surface area contributed by atoms with E-state index in [1.807, 2.05) is 0 Å². The summed E-state index contributed by atoms with van der Waals surface area (Å²) in [7, 11) is 0. The third-order valence-electron chi connectivity index (χ3n) is 3.77. The summed E-state index contributed by atoms with van der Waals surface area (Å²) < 4.78 is 0. The van der Waals surface area contributed by atoms with Crippen molar-refractivity contribution in [2.75, 3.05) is 19.6 Å². The van der Waals surface area contributed by atoms with Gasteiger partial charge in [0.2, 0.25) is 0 Å². The summed E-state index contributed by atoms with van der Waals surface area (Å²) in [5.41, 5.74) is 6.44. The van der Waals surface area contributed by atoms with E-state index in [-0.39, 0.29) is 11.5 Å². The van der Waals surface area contributed by atoms with Gasteiger partial charge >= 0.3 is 0 Å². The Morgan fingerprint density at radius 3 is 2.38 bits per heavy atom. The van der Waals surface area contributed by atoms with Crippen molar-refractivity contribution in [3.8, 4) is 0 Å². The number of nitrogens with zero attached hydrogens (tertiary/aromatic N) is 1. The van der Waals surface area contributed by atoms with Crippen molar-refractivity contribution in [1.29, 1.82) is 0 Å². The minimum atomic E-state index is 0.220. The summed E-state index contributed by atoms with van der Waals surface area (Å²) in [6.45, 7) is 14.0. The van der Waals surface area contributed by atoms with E-state index in [9.17, 15) is 0 Å². The van der Waals surface area contributed by atoms with Crippen LogP contribution in [0.3, 0.4) is 0 Å². The molecule has 0 amide bonds. The molecule has 0 bridgehead atoms. The van der Waals surface area contributed by atoms with Gasteiger partial charge in [0.25, 0.3) is 0 Å². The number of hydrogen-bond donors (Lipinski definition) is 1. The second-order valence-corrected chi connectivity index (χ2v) is 6.24. The van der Waals surface area contributed by atoms with Gasteiger partial charge in [-0.3, -0.25) is 0 Å². The van der Waals surface area contributed by atoms with Crippen molar-refractivity contribution < 1.29 is 0 Å². The predicted molar refractivity (Wildman–Crippen MR) is 71.4 cm³/mol. The van der Waals surface area contributed by atoms with Crippen LogP contribution in [-0.2, 0) is 0 Å². The van der Waals surface area contributed by atoms with Gasteiger partial charge in [0.1, 0.15) is 0 Å². The van der Waals surface area contributed by atoms with Crippen molar-refractivity contribution in [3.05, 3.63) is 12.7 Å². The average Bonchev–Trinajstić information content (AvgIpc) is 2.20. The van der Waals surface area contributed by atoms with Crippen LogP contribution in [0.4, 0.5) is 0 Å². The lowest BCUT2D eigenvalue weighted by atomic mass is 9.86. The highest BCUT2D eigenvalue weighted by molar-refractivity contribution is 4.84. The lowest BCUT2D eigenvalue weighted by Gasteiger charge is -2.36. The molecule has 0 spiro atoms. The van der Waals surface area contributed by atoms with Crippen LogP contribution in [0.15, 0.2) is 12.7 Å². The molecule has 0 saturated carbocycles. The topological polar surface area (TPSA) is 29.3 Å². The van der Waals surface area contributed by atoms with Crippen molar-refractivity contribution in [2.24, 2.45) is 17.1 Å². The highest BCUT2D eigenvalue weighted by atomic mass is 15.1. The molecule has 16 heavy (non-hydrogen) atoms. The fourth-order valence-corrected chi connectivity index (χ4v) is 2.19. The normalized spacial score (nSPS) is 22.0. The Labute approximate surface area is 101 Å². The maximum Gasteiger partial charge on any atom is 0.0217 e. The summed E-state index contributed by atoms with van der Waals surface area (Å²) in [5, 5.41) is 0. The molecule has 1 fully saturated rings. The Kier molecular flexibility index (Phi) is 5.00. The SMILES string of the molecule is C=CCC1CCN(CC(N)C(C)(C)C)CC1. The zero-order valence-electron chi connectivity index (χ0n) is 11.2. The first-order chi connectivity index (χ1) is 7.43. The molecule has 1 heterocycles. The average molecular weight is 224 g/mol. The zero-order chi connectivity index (χ0) is 12.2. The van der Waals surface area contributed by atoms with Crippen LogP contribution in [0, 0.1) is 11.3 Å². The number of likely N-dealkylation sites (tertiary alicyclic amines) is 1. The summed E-state index contributed by atoms with van der Waals surface area (Å²) in [5.74, 6) is 0.861. The number of allylic oxidation sites excluding steroid dienone is 1. The van der Waals surface area contributed by atoms with Crippen LogP contribution < -0.4 is 5.73 Å². The summed E-state index contributed by atoms with van der Waals surface area (Å²) in [4.78, 5) is 2.52. The van der Waals surface area contributed by atoms with Gasteiger partial charge in [0, 0.05) is 12.6 Å². The summed E-state index contributed by atoms with van der Waals surface area (Å²) in [6, 6.07) is 0.281. The Hall–Kier alpha value is -0.340. The molecule has 2 nitrogen and oxygen atoms in total. The Morgan fingerprint density at radius 1 is 1.38 bits per heavy atom. The van der Waals surface area contributed by atoms with E-state index in [2.05, 4.69) is 38.3 Å². The van der Waals surface area contributed by atoms with E-state index in [1.54, 1.807) is 0 Å². The van der Waals surface area contributed by atoms with Crippen molar-refractivity contribution >= 4 is 0 Å². The molecule has 1 saturated heterocycles. The predicted octanol–water partition coefficient (Wildman–Crippen LogP) is 2.65. The maximum atomic E-state index is 6.22. The number of nitrogens with two attached hydrogens (primary N) is 1. The molecule has 0 aromatic carbocycles. The van der Waals surface area contributed by atoms with E-state index in [4.69, 9.17) is 5.73 Å². The number of piperidine rings is 1. The Balaban J connectivity index is 2.29. The molecule has 1 unspecified atom stereocenters. The lowest BCUT2D eigenvalue weighted by molar-refractivity contribution is 0.148. The minimum absolute atomic E-state index is 0.220. The smallest absolute Gasteiger partial charge is 0.0217 e. The molecular formula is C14H28N2. The number of rotatable bonds is 4. The largest absolute Gasteiger partial charge is 0.326 e. The molecule has 1 aliphatic heterocycles. The van der Waals surface area contributed by atoms with Gasteiger partial charge in [-0.15, -0.1) is 6.58 Å². The molecule has 2 N–H and O–H groups in total. The van der Waals surface area contributed by atoms with Crippen LogP contribution in [0.5, 0.6) is 0 Å². The lowest BCUT2D eigenvalue weighted by Crippen LogP contribution is -2.47. The molecule has 1 atom stereocenters. The van der Waals surface area contributed by atoms with Gasteiger partial charge in [-0.2, -0.15) is 0 Å². The van der Waals surface area contributed by atoms with Crippen LogP contribution in [0.1, 0.15) is 40.0 Å². The molecule has 0 radical (unpaired) electrons. The van der Waals surface area contributed by atoms with Crippen LogP contribution in [0.2, 0.25) is 0 Å². The van der Waals surface area contributed by atoms with E-state index in [0.717, 1.165) is 12.5 Å². The van der Waals surface area contributed by atoms with E-state index in [1.165, 1.54) is 32.4 Å². The van der Waals surface area contributed by atoms with Crippen molar-refractivity contribution in [1.82, 2.24) is 4.90 Å². The van der Waals surface area contributed by atoms with Gasteiger partial charge < -0.3 is 10.6 Å². The van der Waals surface area contributed by atoms with E-state index in [0.29, 0.717) is 0 Å². The molecule has 2 heteroatoms. The van der Waals surface area contributed by atoms with Gasteiger partial charge in [0.05, 0.1) is 0 Å². The summed E-state index contributed by atoms with van der Waals surface area (Å²) in [6.07, 6.45) is 5.85. The molecular weight excluding hydrogens is 196 g/mol. The third kappa shape index (κ3) is 4.26. The molecule has 1 rings (SSSR count). The first-order valence-corrected chi connectivity index (χ1v) is 6.52. The van der Waals surface area contributed by atoms with Gasteiger partial charge in [0.15, 0.2) is 0 Å². The van der Waals surface area contributed by atoms with Crippen LogP contribution in [0.25, 0.3) is 0 Å². The molecule has 94 valence electrons. The van der Waals surface area contributed by atoms with E-state index >= 15 is 0 Å². The quantitative estimate of drug-likeness (QED) is 0.744. The molecule has 0 aromatic heterocycles. The summed E-state index contributed by atoms with van der Waals surface area (Å²) >= 11 is 0. The maximum absolute atomic E-state index is 6.22. The fourth-order valence-electron chi connectivity index (χ4n) is 2.19. The second kappa shape index (κ2) is 5.83. The highest BCUT2D eigenvalue weighted by Gasteiger charge is 2.25. The fraction of sp³-hybridized carbons (Fsp3) is 0.857. The van der Waals surface area contributed by atoms with Crippen LogP contribution in [-0.4, -0.2) is 30.6 Å².